The van der Waals surface area contributed by atoms with E-state index >= 15 is 0 Å². The molecule has 1 heterocycles. The molecule has 0 bridgehead atoms. The van der Waals surface area contributed by atoms with Crippen LogP contribution in [-0.4, -0.2) is 47.2 Å². The zero-order valence-corrected chi connectivity index (χ0v) is 10.3. The molecule has 0 aromatic rings. The average Bonchev–Trinajstić information content (AvgIpc) is 2.30. The second-order valence-electron chi connectivity index (χ2n) is 4.25. The number of nitrogens with zero attached hydrogens (tertiary/aromatic N) is 1. The Hall–Kier alpha value is -0.350. The van der Waals surface area contributed by atoms with Gasteiger partial charge in [0.15, 0.2) is 0 Å². The van der Waals surface area contributed by atoms with Crippen LogP contribution in [0.5, 0.6) is 0 Å². The number of hydrogen-bond acceptors (Lipinski definition) is 2. The second kappa shape index (κ2) is 6.40. The number of alkyl halides is 2. The lowest BCUT2D eigenvalue weighted by Crippen LogP contribution is -2.48. The van der Waals surface area contributed by atoms with Crippen LogP contribution in [0.25, 0.3) is 0 Å². The lowest BCUT2D eigenvalue weighted by Gasteiger charge is -2.36. The molecule has 0 aliphatic carbocycles. The number of piperidine rings is 1. The van der Waals surface area contributed by atoms with Crippen molar-refractivity contribution in [3.8, 4) is 0 Å². The highest BCUT2D eigenvalue weighted by atomic mass is 35.5. The third-order valence-electron chi connectivity index (χ3n) is 3.11. The van der Waals surface area contributed by atoms with Gasteiger partial charge in [-0.25, -0.2) is 0 Å². The number of rotatable bonds is 4. The van der Waals surface area contributed by atoms with Crippen molar-refractivity contribution >= 4 is 17.5 Å². The predicted molar refractivity (Wildman–Crippen MR) is 61.2 cm³/mol. The first-order valence-electron chi connectivity index (χ1n) is 5.77. The van der Waals surface area contributed by atoms with Crippen LogP contribution in [0.15, 0.2) is 0 Å². The summed E-state index contributed by atoms with van der Waals surface area (Å²) >= 11 is 5.88. The summed E-state index contributed by atoms with van der Waals surface area (Å²) in [4.78, 5) is 13.5. The van der Waals surface area contributed by atoms with Crippen LogP contribution in [0.2, 0.25) is 0 Å². The smallest absolute Gasteiger partial charge is 0.240 e. The van der Waals surface area contributed by atoms with Gasteiger partial charge in [0.05, 0.1) is 12.8 Å². The van der Waals surface area contributed by atoms with E-state index in [1.54, 1.807) is 4.90 Å². The van der Waals surface area contributed by atoms with Crippen LogP contribution in [0.1, 0.15) is 26.2 Å². The fraction of sp³-hybridized carbons (Fsp3) is 0.909. The predicted octanol–water partition coefficient (Wildman–Crippen LogP) is 1.57. The van der Waals surface area contributed by atoms with Crippen molar-refractivity contribution in [2.45, 2.75) is 37.7 Å². The minimum atomic E-state index is -0.499. The number of halogens is 2. The molecule has 16 heavy (non-hydrogen) atoms. The van der Waals surface area contributed by atoms with Gasteiger partial charge in [-0.05, 0) is 19.3 Å². The van der Waals surface area contributed by atoms with Gasteiger partial charge in [0.1, 0.15) is 5.38 Å². The molecule has 0 aromatic carbocycles. The minimum Gasteiger partial charge on any atom is -0.393 e. The molecule has 0 unspecified atom stereocenters. The maximum Gasteiger partial charge on any atom is 0.240 e. The zero-order chi connectivity index (χ0) is 12.1. The molecule has 5 heteroatoms. The lowest BCUT2D eigenvalue weighted by atomic mass is 9.92. The highest BCUT2D eigenvalue weighted by Gasteiger charge is 2.31. The molecular weight excluding hydrogens is 233 g/mol. The van der Waals surface area contributed by atoms with E-state index in [2.05, 4.69) is 0 Å². The van der Waals surface area contributed by atoms with Gasteiger partial charge in [0, 0.05) is 19.0 Å². The molecule has 94 valence electrons. The molecule has 3 nitrogen and oxygen atoms in total. The van der Waals surface area contributed by atoms with Crippen molar-refractivity contribution in [1.29, 1.82) is 0 Å². The van der Waals surface area contributed by atoms with Gasteiger partial charge < -0.3 is 10.0 Å². The van der Waals surface area contributed by atoms with Gasteiger partial charge in [-0.1, -0.05) is 6.92 Å². The third kappa shape index (κ3) is 3.32. The Morgan fingerprint density at radius 1 is 1.69 bits per heavy atom. The molecule has 1 aliphatic heterocycles. The largest absolute Gasteiger partial charge is 0.393 e. The molecule has 0 saturated carbocycles. The number of likely N-dealkylation sites (tertiary alicyclic amines) is 1. The summed E-state index contributed by atoms with van der Waals surface area (Å²) in [5.41, 5.74) is 0. The third-order valence-corrected chi connectivity index (χ3v) is 3.61. The summed E-state index contributed by atoms with van der Waals surface area (Å²) in [7, 11) is 0. The van der Waals surface area contributed by atoms with Crippen molar-refractivity contribution < 1.29 is 14.3 Å². The van der Waals surface area contributed by atoms with Crippen molar-refractivity contribution in [1.82, 2.24) is 4.90 Å². The Morgan fingerprint density at radius 3 is 2.94 bits per heavy atom. The monoisotopic (exact) mass is 251 g/mol. The van der Waals surface area contributed by atoms with Crippen LogP contribution in [0.4, 0.5) is 4.39 Å². The molecule has 0 radical (unpaired) electrons. The number of aliphatic hydroxyl groups excluding tert-OH is 1. The number of carbonyl (C=O) groups is 1. The Balaban J connectivity index is 2.54. The van der Waals surface area contributed by atoms with Crippen molar-refractivity contribution in [2.75, 3.05) is 19.8 Å². The zero-order valence-electron chi connectivity index (χ0n) is 9.53. The van der Waals surface area contributed by atoms with Crippen LogP contribution in [-0.2, 0) is 4.79 Å². The van der Waals surface area contributed by atoms with E-state index in [-0.39, 0.29) is 11.8 Å². The maximum atomic E-state index is 12.3. The van der Waals surface area contributed by atoms with Crippen LogP contribution in [0, 0.1) is 5.92 Å². The van der Waals surface area contributed by atoms with E-state index in [1.165, 1.54) is 0 Å². The van der Waals surface area contributed by atoms with Crippen LogP contribution < -0.4 is 0 Å². The molecular formula is C11H19ClFNO2. The highest BCUT2D eigenvalue weighted by Crippen LogP contribution is 2.22. The van der Waals surface area contributed by atoms with Crippen LogP contribution >= 0.6 is 11.6 Å². The molecule has 0 spiro atoms. The fourth-order valence-electron chi connectivity index (χ4n) is 2.02. The second-order valence-corrected chi connectivity index (χ2v) is 4.78. The van der Waals surface area contributed by atoms with Crippen molar-refractivity contribution in [3.63, 3.8) is 0 Å². The number of amides is 1. The van der Waals surface area contributed by atoms with Crippen LogP contribution in [0.3, 0.4) is 0 Å². The van der Waals surface area contributed by atoms with Gasteiger partial charge in [0.25, 0.3) is 0 Å². The van der Waals surface area contributed by atoms with Crippen molar-refractivity contribution in [3.05, 3.63) is 0 Å². The lowest BCUT2D eigenvalue weighted by molar-refractivity contribution is -0.134. The molecule has 1 aliphatic rings. The standard InChI is InChI=1S/C11H19ClFNO2/c1-2-9(12)11(16)14-6-4-10(15)8(7-14)3-5-13/h8-10,15H,2-7H2,1H3/t8-,9-,10+/m0/s1. The molecule has 1 amide bonds. The quantitative estimate of drug-likeness (QED) is 0.771. The molecule has 3 atom stereocenters. The summed E-state index contributed by atoms with van der Waals surface area (Å²) in [5, 5.41) is 9.16. The average molecular weight is 252 g/mol. The topological polar surface area (TPSA) is 40.5 Å². The number of aliphatic hydroxyl groups is 1. The minimum absolute atomic E-state index is 0.0973. The van der Waals surface area contributed by atoms with E-state index in [0.717, 1.165) is 0 Å². The van der Waals surface area contributed by atoms with Gasteiger partial charge in [0.2, 0.25) is 5.91 Å². The Labute approximate surface area is 101 Å². The Morgan fingerprint density at radius 2 is 2.38 bits per heavy atom. The van der Waals surface area contributed by atoms with Gasteiger partial charge in [-0.2, -0.15) is 0 Å². The maximum absolute atomic E-state index is 12.3. The van der Waals surface area contributed by atoms with E-state index in [9.17, 15) is 14.3 Å². The number of carbonyl (C=O) groups excluding carboxylic acids is 1. The van der Waals surface area contributed by atoms with E-state index in [4.69, 9.17) is 11.6 Å². The summed E-state index contributed by atoms with van der Waals surface area (Å²) in [6.45, 7) is 2.34. The normalized spacial score (nSPS) is 27.9. The van der Waals surface area contributed by atoms with E-state index in [1.807, 2.05) is 6.92 Å². The highest BCUT2D eigenvalue weighted by molar-refractivity contribution is 6.30. The first kappa shape index (κ1) is 13.7. The van der Waals surface area contributed by atoms with Crippen molar-refractivity contribution in [2.24, 2.45) is 5.92 Å². The molecule has 1 fully saturated rings. The van der Waals surface area contributed by atoms with Gasteiger partial charge in [-0.3, -0.25) is 9.18 Å². The Kier molecular flexibility index (Phi) is 5.49. The fourth-order valence-corrected chi connectivity index (χ4v) is 2.15. The molecule has 1 rings (SSSR count). The summed E-state index contributed by atoms with van der Waals surface area (Å²) < 4.78 is 12.3. The summed E-state index contributed by atoms with van der Waals surface area (Å²) in [6.07, 6.45) is 0.927. The van der Waals surface area contributed by atoms with Gasteiger partial charge >= 0.3 is 0 Å². The van der Waals surface area contributed by atoms with Gasteiger partial charge in [-0.15, -0.1) is 11.6 Å². The molecule has 0 aromatic heterocycles. The number of hydrogen-bond donors (Lipinski definition) is 1. The van der Waals surface area contributed by atoms with E-state index < -0.39 is 18.2 Å². The summed E-state index contributed by atoms with van der Waals surface area (Å²) in [6, 6.07) is 0. The summed E-state index contributed by atoms with van der Waals surface area (Å²) in [5.74, 6) is -0.247. The first-order valence-corrected chi connectivity index (χ1v) is 6.20. The van der Waals surface area contributed by atoms with E-state index in [0.29, 0.717) is 32.4 Å². The SMILES string of the molecule is CC[C@H](Cl)C(=O)N1CC[C@@H](O)[C@@H](CCF)C1. The molecule has 1 N–H and O–H groups in total. The molecule has 1 saturated heterocycles. The Bertz CT molecular complexity index is 240. The first-order chi connectivity index (χ1) is 7.60.